The molecule has 1 aliphatic heterocycles. The molecule has 1 saturated heterocycles. The number of nitrogens with one attached hydrogen (secondary N) is 2. The minimum absolute atomic E-state index is 0.0379. The molecule has 142 valence electrons. The van der Waals surface area contributed by atoms with E-state index in [1.807, 2.05) is 30.3 Å². The van der Waals surface area contributed by atoms with Crippen LogP contribution in [0.2, 0.25) is 0 Å². The second-order valence-electron chi connectivity index (χ2n) is 7.41. The van der Waals surface area contributed by atoms with Crippen molar-refractivity contribution in [3.63, 3.8) is 0 Å². The molecule has 1 aliphatic carbocycles. The van der Waals surface area contributed by atoms with Gasteiger partial charge < -0.3 is 10.6 Å². The van der Waals surface area contributed by atoms with Crippen molar-refractivity contribution in [2.75, 3.05) is 16.8 Å². The molecule has 2 aliphatic rings. The second-order valence-corrected chi connectivity index (χ2v) is 9.71. The van der Waals surface area contributed by atoms with E-state index >= 15 is 0 Å². The Balaban J connectivity index is 1.60. The van der Waals surface area contributed by atoms with Gasteiger partial charge in [-0.05, 0) is 48.6 Å². The van der Waals surface area contributed by atoms with E-state index in [0.29, 0.717) is 24.1 Å². The molecule has 7 heteroatoms. The van der Waals surface area contributed by atoms with Crippen LogP contribution < -0.4 is 10.6 Å². The van der Waals surface area contributed by atoms with Gasteiger partial charge in [0.05, 0.1) is 22.8 Å². The Morgan fingerprint density at radius 2 is 1.56 bits per heavy atom. The molecule has 0 atom stereocenters. The van der Waals surface area contributed by atoms with E-state index in [4.69, 9.17) is 0 Å². The third-order valence-corrected chi connectivity index (χ3v) is 6.94. The van der Waals surface area contributed by atoms with Gasteiger partial charge in [0, 0.05) is 12.0 Å². The van der Waals surface area contributed by atoms with Gasteiger partial charge in [0.2, 0.25) is 5.91 Å². The molecule has 2 aromatic carbocycles. The molecule has 2 fully saturated rings. The third-order valence-electron chi connectivity index (χ3n) is 5.23. The van der Waals surface area contributed by atoms with E-state index in [9.17, 15) is 18.0 Å². The largest absolute Gasteiger partial charge is 0.349 e. The maximum atomic E-state index is 12.9. The number of fused-ring (bicyclic) bond motifs is 1. The van der Waals surface area contributed by atoms with Gasteiger partial charge in [-0.15, -0.1) is 0 Å². The van der Waals surface area contributed by atoms with Gasteiger partial charge in [-0.2, -0.15) is 0 Å². The van der Waals surface area contributed by atoms with E-state index in [-0.39, 0.29) is 35.3 Å². The van der Waals surface area contributed by atoms with Gasteiger partial charge in [-0.3, -0.25) is 9.59 Å². The van der Waals surface area contributed by atoms with Crippen LogP contribution in [0.1, 0.15) is 36.0 Å². The Morgan fingerprint density at radius 3 is 2.19 bits per heavy atom. The zero-order chi connectivity index (χ0) is 19.0. The van der Waals surface area contributed by atoms with Crippen LogP contribution in [-0.4, -0.2) is 37.8 Å². The summed E-state index contributed by atoms with van der Waals surface area (Å²) in [5.74, 6) is -0.0998. The Bertz CT molecular complexity index is 998. The first kappa shape index (κ1) is 18.0. The van der Waals surface area contributed by atoms with Crippen molar-refractivity contribution in [1.82, 2.24) is 5.32 Å². The lowest BCUT2D eigenvalue weighted by atomic mass is 10.0. The van der Waals surface area contributed by atoms with Gasteiger partial charge in [0.25, 0.3) is 5.91 Å². The molecule has 1 saturated carbocycles. The molecular formula is C20H22N2O4S. The van der Waals surface area contributed by atoms with E-state index in [0.717, 1.165) is 23.6 Å². The van der Waals surface area contributed by atoms with Gasteiger partial charge in [0.1, 0.15) is 9.84 Å². The molecule has 2 amide bonds. The molecule has 0 radical (unpaired) electrons. The van der Waals surface area contributed by atoms with Gasteiger partial charge in [0.15, 0.2) is 0 Å². The Labute approximate surface area is 158 Å². The number of benzene rings is 2. The van der Waals surface area contributed by atoms with Crippen LogP contribution >= 0.6 is 0 Å². The average molecular weight is 386 g/mol. The molecule has 0 unspecified atom stereocenters. The Kier molecular flexibility index (Phi) is 4.63. The van der Waals surface area contributed by atoms with Crippen LogP contribution in [0.4, 0.5) is 5.69 Å². The van der Waals surface area contributed by atoms with E-state index < -0.39 is 9.84 Å². The fourth-order valence-corrected chi connectivity index (χ4v) is 4.90. The lowest BCUT2D eigenvalue weighted by Crippen LogP contribution is -2.41. The fraction of sp³-hybridized carbons (Fsp3) is 0.400. The van der Waals surface area contributed by atoms with Crippen LogP contribution in [0.3, 0.4) is 0 Å². The molecule has 1 heterocycles. The lowest BCUT2D eigenvalue weighted by molar-refractivity contribution is -0.117. The number of rotatable bonds is 4. The van der Waals surface area contributed by atoms with E-state index in [1.165, 1.54) is 0 Å². The summed E-state index contributed by atoms with van der Waals surface area (Å²) in [7, 11) is -2.98. The van der Waals surface area contributed by atoms with Crippen LogP contribution in [-0.2, 0) is 14.6 Å². The topological polar surface area (TPSA) is 92.3 Å². The summed E-state index contributed by atoms with van der Waals surface area (Å²) in [4.78, 5) is 25.1. The summed E-state index contributed by atoms with van der Waals surface area (Å²) >= 11 is 0. The maximum absolute atomic E-state index is 12.9. The molecule has 2 N–H and O–H groups in total. The number of anilines is 1. The Hall–Kier alpha value is -2.41. The van der Waals surface area contributed by atoms with E-state index in [1.54, 1.807) is 6.07 Å². The summed E-state index contributed by atoms with van der Waals surface area (Å²) in [6.07, 6.45) is 2.62. The van der Waals surface area contributed by atoms with Gasteiger partial charge >= 0.3 is 0 Å². The Morgan fingerprint density at radius 1 is 0.926 bits per heavy atom. The van der Waals surface area contributed by atoms with E-state index in [2.05, 4.69) is 10.6 Å². The quantitative estimate of drug-likeness (QED) is 0.844. The number of sulfone groups is 1. The standard InChI is InChI=1S/C20H22N2O4S/c23-19(13-5-6-13)22-18-12-15-4-2-1-3-14(15)11-17(18)20(24)21-16-7-9-27(25,26)10-8-16/h1-4,11-13,16H,5-10H2,(H,21,24)(H,22,23). The molecule has 0 spiro atoms. The normalized spacial score (nSPS) is 19.6. The number of amides is 2. The van der Waals surface area contributed by atoms with Crippen molar-refractivity contribution in [2.24, 2.45) is 5.92 Å². The molecule has 4 rings (SSSR count). The number of carbonyl (C=O) groups excluding carboxylic acids is 2. The highest BCUT2D eigenvalue weighted by molar-refractivity contribution is 7.91. The summed E-state index contributed by atoms with van der Waals surface area (Å²) < 4.78 is 23.2. The lowest BCUT2D eigenvalue weighted by Gasteiger charge is -2.23. The zero-order valence-electron chi connectivity index (χ0n) is 14.9. The van der Waals surface area contributed by atoms with Crippen molar-refractivity contribution in [3.05, 3.63) is 42.0 Å². The minimum atomic E-state index is -2.98. The summed E-state index contributed by atoms with van der Waals surface area (Å²) in [6.45, 7) is 0. The van der Waals surface area contributed by atoms with Crippen LogP contribution in [0, 0.1) is 5.92 Å². The number of carbonyl (C=O) groups is 2. The number of hydrogen-bond donors (Lipinski definition) is 2. The predicted molar refractivity (Wildman–Crippen MR) is 104 cm³/mol. The molecule has 0 bridgehead atoms. The molecule has 6 nitrogen and oxygen atoms in total. The van der Waals surface area contributed by atoms with Gasteiger partial charge in [-0.1, -0.05) is 24.3 Å². The second kappa shape index (κ2) is 6.96. The fourth-order valence-electron chi connectivity index (χ4n) is 3.41. The number of hydrogen-bond acceptors (Lipinski definition) is 4. The van der Waals surface area contributed by atoms with Crippen LogP contribution in [0.25, 0.3) is 10.8 Å². The van der Waals surface area contributed by atoms with Gasteiger partial charge in [-0.25, -0.2) is 8.42 Å². The molecule has 27 heavy (non-hydrogen) atoms. The summed E-state index contributed by atoms with van der Waals surface area (Å²) in [5.41, 5.74) is 0.919. The molecule has 2 aromatic rings. The third kappa shape index (κ3) is 4.13. The molecular weight excluding hydrogens is 364 g/mol. The first-order chi connectivity index (χ1) is 12.9. The van der Waals surface area contributed by atoms with Crippen molar-refractivity contribution in [3.8, 4) is 0 Å². The highest BCUT2D eigenvalue weighted by Crippen LogP contribution is 2.32. The minimum Gasteiger partial charge on any atom is -0.349 e. The van der Waals surface area contributed by atoms with Crippen molar-refractivity contribution in [2.45, 2.75) is 31.7 Å². The predicted octanol–water partition coefficient (Wildman–Crippen LogP) is 2.50. The monoisotopic (exact) mass is 386 g/mol. The zero-order valence-corrected chi connectivity index (χ0v) is 15.7. The van der Waals surface area contributed by atoms with Crippen molar-refractivity contribution >= 4 is 38.1 Å². The first-order valence-electron chi connectivity index (χ1n) is 9.26. The average Bonchev–Trinajstić information content (AvgIpc) is 3.48. The molecule has 0 aromatic heterocycles. The van der Waals surface area contributed by atoms with Crippen LogP contribution in [0.15, 0.2) is 36.4 Å². The SMILES string of the molecule is O=C(NC1CCS(=O)(=O)CC1)c1cc2ccccc2cc1NC(=O)C1CC1. The summed E-state index contributed by atoms with van der Waals surface area (Å²) in [6, 6.07) is 11.1. The smallest absolute Gasteiger partial charge is 0.253 e. The maximum Gasteiger partial charge on any atom is 0.253 e. The van der Waals surface area contributed by atoms with Crippen molar-refractivity contribution < 1.29 is 18.0 Å². The first-order valence-corrected chi connectivity index (χ1v) is 11.1. The highest BCUT2D eigenvalue weighted by Gasteiger charge is 2.31. The van der Waals surface area contributed by atoms with Crippen molar-refractivity contribution in [1.29, 1.82) is 0 Å². The highest BCUT2D eigenvalue weighted by atomic mass is 32.2. The summed E-state index contributed by atoms with van der Waals surface area (Å²) in [5, 5.41) is 7.70. The van der Waals surface area contributed by atoms with Crippen LogP contribution in [0.5, 0.6) is 0 Å².